The van der Waals surface area contributed by atoms with E-state index in [4.69, 9.17) is 0 Å². The number of hydrogen-bond donors (Lipinski definition) is 0. The normalized spacial score (nSPS) is 15.5. The lowest BCUT2D eigenvalue weighted by molar-refractivity contribution is 1.09. The third-order valence-electron chi connectivity index (χ3n) is 1.14. The van der Waals surface area contributed by atoms with E-state index in [1.165, 1.54) is 6.42 Å². The summed E-state index contributed by atoms with van der Waals surface area (Å²) in [4.78, 5) is 7.40. The van der Waals surface area contributed by atoms with Crippen LogP contribution in [0.5, 0.6) is 0 Å². The van der Waals surface area contributed by atoms with E-state index in [0.717, 1.165) is 18.7 Å². The Balaban J connectivity index is 0.000000193. The first-order valence-corrected chi connectivity index (χ1v) is 4.86. The molecule has 2 heterocycles. The molecule has 0 saturated heterocycles. The highest BCUT2D eigenvalue weighted by Crippen LogP contribution is 1.90. The summed E-state index contributed by atoms with van der Waals surface area (Å²) in [6.45, 7) is 6.99. The maximum Gasteiger partial charge on any atom is 0.109 e. The predicted octanol–water partition coefficient (Wildman–Crippen LogP) is 2.35. The Hall–Kier alpha value is -1.32. The van der Waals surface area contributed by atoms with Crippen molar-refractivity contribution >= 4 is 24.5 Å². The van der Waals surface area contributed by atoms with Crippen LogP contribution in [0.1, 0.15) is 33.6 Å². The molecule has 0 aromatic carbocycles. The first-order chi connectivity index (χ1) is 6.81. The molecule has 0 atom stereocenters. The Morgan fingerprint density at radius 2 is 2.00 bits per heavy atom. The van der Waals surface area contributed by atoms with Crippen molar-refractivity contribution in [3.05, 3.63) is 0 Å². The second-order valence-corrected chi connectivity index (χ2v) is 2.86. The lowest BCUT2D eigenvalue weighted by Crippen LogP contribution is -1.81. The van der Waals surface area contributed by atoms with Crippen LogP contribution in [0.4, 0.5) is 0 Å². The van der Waals surface area contributed by atoms with Gasteiger partial charge in [0.1, 0.15) is 6.34 Å². The minimum Gasteiger partial charge on any atom is -0.268 e. The number of rotatable bonds is 0. The standard InChI is InChI=1S/C4H6N2.C3H4N2.C3H8/c1-4-2-3-5-6-4;1-2-5-3-4-1;1-3-2/h3H,2H2,1H3;1,3H,2H2;3H2,1-2H3. The largest absolute Gasteiger partial charge is 0.268 e. The van der Waals surface area contributed by atoms with Crippen molar-refractivity contribution in [1.82, 2.24) is 0 Å². The molecule has 2 aliphatic heterocycles. The second-order valence-electron chi connectivity index (χ2n) is 2.86. The van der Waals surface area contributed by atoms with Crippen molar-refractivity contribution in [3.63, 3.8) is 0 Å². The first-order valence-electron chi connectivity index (χ1n) is 4.86. The van der Waals surface area contributed by atoms with Gasteiger partial charge in [0.05, 0.1) is 6.54 Å². The molecule has 2 aliphatic rings. The van der Waals surface area contributed by atoms with Crippen LogP contribution in [0.15, 0.2) is 20.2 Å². The number of nitrogens with zero attached hydrogens (tertiary/aromatic N) is 4. The van der Waals surface area contributed by atoms with E-state index < -0.39 is 0 Å². The van der Waals surface area contributed by atoms with Crippen molar-refractivity contribution in [3.8, 4) is 0 Å². The van der Waals surface area contributed by atoms with Gasteiger partial charge < -0.3 is 0 Å². The summed E-state index contributed by atoms with van der Waals surface area (Å²) in [7, 11) is 0. The minimum absolute atomic E-state index is 0.778. The highest BCUT2D eigenvalue weighted by molar-refractivity contribution is 5.96. The van der Waals surface area contributed by atoms with Crippen molar-refractivity contribution < 1.29 is 0 Å². The smallest absolute Gasteiger partial charge is 0.109 e. The zero-order valence-electron chi connectivity index (χ0n) is 9.14. The van der Waals surface area contributed by atoms with Gasteiger partial charge in [0.25, 0.3) is 0 Å². The molecule has 0 N–H and O–H groups in total. The molecule has 0 bridgehead atoms. The van der Waals surface area contributed by atoms with Crippen LogP contribution in [0.25, 0.3) is 0 Å². The Morgan fingerprint density at radius 3 is 2.14 bits per heavy atom. The molecule has 14 heavy (non-hydrogen) atoms. The molecule has 4 heteroatoms. The highest BCUT2D eigenvalue weighted by Gasteiger charge is 1.90. The van der Waals surface area contributed by atoms with Crippen LogP contribution >= 0.6 is 0 Å². The zero-order chi connectivity index (χ0) is 10.6. The summed E-state index contributed by atoms with van der Waals surface area (Å²) in [5, 5.41) is 7.35. The maximum absolute atomic E-state index is 3.74. The highest BCUT2D eigenvalue weighted by atomic mass is 15.2. The average molecular weight is 194 g/mol. The molecule has 0 fully saturated rings. The maximum atomic E-state index is 3.74. The Bertz CT molecular complexity index is 229. The van der Waals surface area contributed by atoms with Gasteiger partial charge in [-0.1, -0.05) is 20.3 Å². The van der Waals surface area contributed by atoms with Gasteiger partial charge in [0.2, 0.25) is 0 Å². The van der Waals surface area contributed by atoms with Gasteiger partial charge in [-0.3, -0.25) is 4.99 Å². The molecular weight excluding hydrogens is 176 g/mol. The van der Waals surface area contributed by atoms with Gasteiger partial charge in [-0.25, -0.2) is 4.99 Å². The Morgan fingerprint density at radius 1 is 1.29 bits per heavy atom. The fourth-order valence-corrected chi connectivity index (χ4v) is 0.589. The molecule has 0 saturated carbocycles. The SMILES string of the molecule is C1=NC=NC1.CC1=NN=CC1.CCC. The monoisotopic (exact) mass is 194 g/mol. The Labute approximate surface area is 85.6 Å². The molecular formula is C10H18N4. The fourth-order valence-electron chi connectivity index (χ4n) is 0.589. The summed E-state index contributed by atoms with van der Waals surface area (Å²) in [6.07, 6.45) is 7.31. The van der Waals surface area contributed by atoms with Gasteiger partial charge >= 0.3 is 0 Å². The first kappa shape index (κ1) is 12.7. The average Bonchev–Trinajstić information content (AvgIpc) is 2.78. The molecule has 0 unspecified atom stereocenters. The number of hydrogen-bond acceptors (Lipinski definition) is 4. The van der Waals surface area contributed by atoms with Crippen LogP contribution in [0.2, 0.25) is 0 Å². The van der Waals surface area contributed by atoms with E-state index in [9.17, 15) is 0 Å². The van der Waals surface area contributed by atoms with E-state index in [2.05, 4.69) is 34.0 Å². The van der Waals surface area contributed by atoms with Crippen LogP contribution in [-0.4, -0.2) is 31.0 Å². The van der Waals surface area contributed by atoms with Crippen molar-refractivity contribution in [1.29, 1.82) is 0 Å². The quantitative estimate of drug-likeness (QED) is 0.568. The van der Waals surface area contributed by atoms with E-state index in [1.54, 1.807) is 18.8 Å². The summed E-state index contributed by atoms with van der Waals surface area (Å²) >= 11 is 0. The van der Waals surface area contributed by atoms with Crippen LogP contribution in [0.3, 0.4) is 0 Å². The van der Waals surface area contributed by atoms with Gasteiger partial charge in [0, 0.05) is 24.6 Å². The zero-order valence-corrected chi connectivity index (χ0v) is 9.14. The predicted molar refractivity (Wildman–Crippen MR) is 64.0 cm³/mol. The molecule has 0 aromatic heterocycles. The molecule has 0 radical (unpaired) electrons. The minimum atomic E-state index is 0.778. The van der Waals surface area contributed by atoms with E-state index >= 15 is 0 Å². The lowest BCUT2D eigenvalue weighted by Gasteiger charge is -1.73. The van der Waals surface area contributed by atoms with Gasteiger partial charge in [-0.2, -0.15) is 10.2 Å². The molecule has 4 nitrogen and oxygen atoms in total. The van der Waals surface area contributed by atoms with Crippen molar-refractivity contribution in [2.45, 2.75) is 33.6 Å². The van der Waals surface area contributed by atoms with E-state index in [-0.39, 0.29) is 0 Å². The van der Waals surface area contributed by atoms with Gasteiger partial charge in [0.15, 0.2) is 0 Å². The molecule has 2 rings (SSSR count). The lowest BCUT2D eigenvalue weighted by atomic mass is 10.3. The molecule has 78 valence electrons. The molecule has 0 aromatic rings. The summed E-state index contributed by atoms with van der Waals surface area (Å²) in [5.74, 6) is 0. The van der Waals surface area contributed by atoms with E-state index in [0.29, 0.717) is 0 Å². The van der Waals surface area contributed by atoms with Crippen molar-refractivity contribution in [2.75, 3.05) is 6.54 Å². The molecule has 0 aliphatic carbocycles. The van der Waals surface area contributed by atoms with E-state index in [1.807, 2.05) is 6.92 Å². The number of aliphatic imine (C=N–C) groups is 2. The van der Waals surface area contributed by atoms with Gasteiger partial charge in [-0.05, 0) is 6.92 Å². The summed E-state index contributed by atoms with van der Waals surface area (Å²) in [6, 6.07) is 0. The van der Waals surface area contributed by atoms with Crippen LogP contribution in [-0.2, 0) is 0 Å². The third-order valence-corrected chi connectivity index (χ3v) is 1.14. The summed E-state index contributed by atoms with van der Waals surface area (Å²) < 4.78 is 0. The van der Waals surface area contributed by atoms with Crippen molar-refractivity contribution in [2.24, 2.45) is 20.2 Å². The third kappa shape index (κ3) is 8.77. The second kappa shape index (κ2) is 9.77. The topological polar surface area (TPSA) is 49.4 Å². The van der Waals surface area contributed by atoms with Crippen LogP contribution in [0, 0.1) is 0 Å². The van der Waals surface area contributed by atoms with Gasteiger partial charge in [-0.15, -0.1) is 0 Å². The summed E-state index contributed by atoms with van der Waals surface area (Å²) in [5.41, 5.74) is 1.11. The molecule has 0 amide bonds. The fraction of sp³-hybridized carbons (Fsp3) is 0.600. The van der Waals surface area contributed by atoms with Crippen LogP contribution < -0.4 is 0 Å². The molecule has 0 spiro atoms. The Kier molecular flexibility index (Phi) is 8.84.